The van der Waals surface area contributed by atoms with Gasteiger partial charge in [0.05, 0.1) is 0 Å². The van der Waals surface area contributed by atoms with Crippen LogP contribution in [0.15, 0.2) is 11.3 Å². The molecule has 0 aromatic carbocycles. The minimum atomic E-state index is 0.920. The van der Waals surface area contributed by atoms with Crippen LogP contribution in [-0.4, -0.2) is 0 Å². The number of rotatable bonds is 0. The van der Waals surface area contributed by atoms with Crippen molar-refractivity contribution >= 4 is 0 Å². The van der Waals surface area contributed by atoms with Crippen LogP contribution in [0.1, 0.15) is 39.5 Å². The molecule has 1 saturated carbocycles. The van der Waals surface area contributed by atoms with Crippen LogP contribution < -0.4 is 5.73 Å². The van der Waals surface area contributed by atoms with Crippen molar-refractivity contribution in [1.29, 1.82) is 0 Å². The second-order valence-electron chi connectivity index (χ2n) is 3.47. The molecule has 1 fully saturated rings. The minimum absolute atomic E-state index is 0.920. The summed E-state index contributed by atoms with van der Waals surface area (Å²) >= 11 is 0. The summed E-state index contributed by atoms with van der Waals surface area (Å²) in [5.41, 5.74) is 8.25. The quantitative estimate of drug-likeness (QED) is 0.548. The third kappa shape index (κ3) is 1.76. The van der Waals surface area contributed by atoms with Crippen LogP contribution in [0.25, 0.3) is 0 Å². The van der Waals surface area contributed by atoms with Gasteiger partial charge < -0.3 is 5.73 Å². The van der Waals surface area contributed by atoms with Gasteiger partial charge in [0, 0.05) is 5.70 Å². The summed E-state index contributed by atoms with van der Waals surface area (Å²) in [6, 6.07) is 0. The third-order valence-electron chi connectivity index (χ3n) is 2.44. The van der Waals surface area contributed by atoms with Crippen molar-refractivity contribution in [3.63, 3.8) is 0 Å². The van der Waals surface area contributed by atoms with Crippen LogP contribution in [0.4, 0.5) is 0 Å². The second kappa shape index (κ2) is 3.09. The van der Waals surface area contributed by atoms with E-state index >= 15 is 0 Å². The maximum atomic E-state index is 5.69. The van der Waals surface area contributed by atoms with Crippen LogP contribution >= 0.6 is 0 Å². The first kappa shape index (κ1) is 7.64. The molecule has 0 spiro atoms. The molecular formula is C9H17N. The van der Waals surface area contributed by atoms with Gasteiger partial charge in [-0.25, -0.2) is 0 Å². The van der Waals surface area contributed by atoms with Gasteiger partial charge in [0.25, 0.3) is 0 Å². The average molecular weight is 139 g/mol. The Bertz CT molecular complexity index is 133. The van der Waals surface area contributed by atoms with E-state index in [1.54, 1.807) is 0 Å². The smallest absolute Gasteiger partial charge is 0.00407 e. The van der Waals surface area contributed by atoms with E-state index in [4.69, 9.17) is 5.73 Å². The highest BCUT2D eigenvalue weighted by atomic mass is 14.6. The van der Waals surface area contributed by atoms with Crippen molar-refractivity contribution in [2.24, 2.45) is 11.7 Å². The minimum Gasteiger partial charge on any atom is -0.402 e. The number of allylic oxidation sites excluding steroid dienone is 2. The van der Waals surface area contributed by atoms with Gasteiger partial charge in [-0.05, 0) is 38.5 Å². The van der Waals surface area contributed by atoms with E-state index < -0.39 is 0 Å². The van der Waals surface area contributed by atoms with Crippen LogP contribution in [-0.2, 0) is 0 Å². The van der Waals surface area contributed by atoms with Gasteiger partial charge in [-0.2, -0.15) is 0 Å². The Morgan fingerprint density at radius 3 is 2.30 bits per heavy atom. The molecule has 1 aliphatic rings. The lowest BCUT2D eigenvalue weighted by atomic mass is 9.86. The van der Waals surface area contributed by atoms with Crippen molar-refractivity contribution < 1.29 is 0 Å². The van der Waals surface area contributed by atoms with Crippen LogP contribution in [0.5, 0.6) is 0 Å². The highest BCUT2D eigenvalue weighted by Gasteiger charge is 2.12. The predicted octanol–water partition coefficient (Wildman–Crippen LogP) is 2.43. The Hall–Kier alpha value is -0.460. The molecule has 0 heterocycles. The molecule has 0 saturated heterocycles. The Labute approximate surface area is 63.3 Å². The van der Waals surface area contributed by atoms with Gasteiger partial charge in [-0.1, -0.05) is 12.5 Å². The third-order valence-corrected chi connectivity index (χ3v) is 2.44. The zero-order valence-corrected chi connectivity index (χ0v) is 6.98. The van der Waals surface area contributed by atoms with Crippen LogP contribution in [0.2, 0.25) is 0 Å². The molecule has 1 heteroatoms. The maximum Gasteiger partial charge on any atom is 0.00407 e. The van der Waals surface area contributed by atoms with Crippen molar-refractivity contribution in [2.45, 2.75) is 39.5 Å². The van der Waals surface area contributed by atoms with E-state index in [0.717, 1.165) is 11.6 Å². The van der Waals surface area contributed by atoms with E-state index in [9.17, 15) is 0 Å². The highest BCUT2D eigenvalue weighted by molar-refractivity contribution is 5.10. The summed E-state index contributed by atoms with van der Waals surface area (Å²) in [5.74, 6) is 0.920. The monoisotopic (exact) mass is 139 g/mol. The largest absolute Gasteiger partial charge is 0.402 e. The molecule has 0 aromatic rings. The van der Waals surface area contributed by atoms with E-state index in [1.807, 2.05) is 6.92 Å². The predicted molar refractivity (Wildman–Crippen MR) is 44.5 cm³/mol. The molecule has 1 rings (SSSR count). The molecule has 0 atom stereocenters. The van der Waals surface area contributed by atoms with Gasteiger partial charge in [0.15, 0.2) is 0 Å². The molecule has 0 radical (unpaired) electrons. The van der Waals surface area contributed by atoms with Gasteiger partial charge >= 0.3 is 0 Å². The molecule has 2 N–H and O–H groups in total. The lowest BCUT2D eigenvalue weighted by molar-refractivity contribution is 0.441. The fourth-order valence-corrected chi connectivity index (χ4v) is 1.50. The first-order chi connectivity index (χ1) is 4.70. The Kier molecular flexibility index (Phi) is 2.36. The SMILES string of the molecule is CC(N)=C1CCC(C)CC1. The molecule has 0 amide bonds. The lowest BCUT2D eigenvalue weighted by Crippen LogP contribution is -2.08. The van der Waals surface area contributed by atoms with Crippen molar-refractivity contribution in [2.75, 3.05) is 0 Å². The number of hydrogen-bond acceptors (Lipinski definition) is 1. The fourth-order valence-electron chi connectivity index (χ4n) is 1.50. The summed E-state index contributed by atoms with van der Waals surface area (Å²) < 4.78 is 0. The molecule has 0 bridgehead atoms. The average Bonchev–Trinajstić information content (AvgIpc) is 1.88. The molecule has 0 unspecified atom stereocenters. The van der Waals surface area contributed by atoms with Crippen molar-refractivity contribution in [3.05, 3.63) is 11.3 Å². The summed E-state index contributed by atoms with van der Waals surface area (Å²) in [6.07, 6.45) is 5.15. The van der Waals surface area contributed by atoms with Gasteiger partial charge in [0.2, 0.25) is 0 Å². The Morgan fingerprint density at radius 1 is 1.40 bits per heavy atom. The number of hydrogen-bond donors (Lipinski definition) is 1. The molecule has 10 heavy (non-hydrogen) atoms. The molecule has 58 valence electrons. The standard InChI is InChI=1S/C9H17N/c1-7-3-5-9(6-4-7)8(2)10/h7H,3-6,10H2,1-2H3. The van der Waals surface area contributed by atoms with E-state index in [0.29, 0.717) is 0 Å². The van der Waals surface area contributed by atoms with Gasteiger partial charge in [-0.3, -0.25) is 0 Å². The molecule has 1 aliphatic carbocycles. The van der Waals surface area contributed by atoms with Gasteiger partial charge in [-0.15, -0.1) is 0 Å². The van der Waals surface area contributed by atoms with E-state index in [2.05, 4.69) is 6.92 Å². The van der Waals surface area contributed by atoms with Crippen LogP contribution in [0, 0.1) is 5.92 Å². The number of nitrogens with two attached hydrogens (primary N) is 1. The summed E-state index contributed by atoms with van der Waals surface area (Å²) in [7, 11) is 0. The summed E-state index contributed by atoms with van der Waals surface area (Å²) in [5, 5.41) is 0. The van der Waals surface area contributed by atoms with E-state index in [-0.39, 0.29) is 0 Å². The van der Waals surface area contributed by atoms with E-state index in [1.165, 1.54) is 31.3 Å². The summed E-state index contributed by atoms with van der Waals surface area (Å²) in [6.45, 7) is 4.34. The molecule has 1 nitrogen and oxygen atoms in total. The zero-order valence-electron chi connectivity index (χ0n) is 6.98. The van der Waals surface area contributed by atoms with Gasteiger partial charge in [0.1, 0.15) is 0 Å². The normalized spacial score (nSPS) is 26.6. The topological polar surface area (TPSA) is 26.0 Å². The van der Waals surface area contributed by atoms with Crippen molar-refractivity contribution in [1.82, 2.24) is 0 Å². The second-order valence-corrected chi connectivity index (χ2v) is 3.47. The lowest BCUT2D eigenvalue weighted by Gasteiger charge is -2.20. The Morgan fingerprint density at radius 2 is 1.90 bits per heavy atom. The van der Waals surface area contributed by atoms with Crippen molar-refractivity contribution in [3.8, 4) is 0 Å². The molecule has 0 aliphatic heterocycles. The first-order valence-corrected chi connectivity index (χ1v) is 4.14. The fraction of sp³-hybridized carbons (Fsp3) is 0.778. The molecule has 0 aromatic heterocycles. The maximum absolute atomic E-state index is 5.69. The molecular weight excluding hydrogens is 122 g/mol. The summed E-state index contributed by atoms with van der Waals surface area (Å²) in [4.78, 5) is 0. The Balaban J connectivity index is 2.48. The first-order valence-electron chi connectivity index (χ1n) is 4.14. The zero-order chi connectivity index (χ0) is 7.56. The van der Waals surface area contributed by atoms with Crippen LogP contribution in [0.3, 0.4) is 0 Å². The highest BCUT2D eigenvalue weighted by Crippen LogP contribution is 2.28.